The Hall–Kier alpha value is -2.29. The van der Waals surface area contributed by atoms with E-state index in [1.54, 1.807) is 4.90 Å². The zero-order chi connectivity index (χ0) is 14.3. The molecule has 2 aromatic carbocycles. The second-order valence-electron chi connectivity index (χ2n) is 5.32. The van der Waals surface area contributed by atoms with Crippen LogP contribution in [0.3, 0.4) is 0 Å². The Morgan fingerprint density at radius 2 is 1.65 bits per heavy atom. The van der Waals surface area contributed by atoms with Crippen LogP contribution in [0.25, 0.3) is 0 Å². The lowest BCUT2D eigenvalue weighted by molar-refractivity contribution is -0.117. The number of para-hydroxylation sites is 2. The van der Waals surface area contributed by atoms with E-state index in [9.17, 15) is 4.79 Å². The van der Waals surface area contributed by atoms with Gasteiger partial charge in [0.25, 0.3) is 0 Å². The summed E-state index contributed by atoms with van der Waals surface area (Å²) in [4.78, 5) is 16.1. The summed E-state index contributed by atoms with van der Waals surface area (Å²) < 4.78 is 0. The van der Waals surface area contributed by atoms with E-state index in [2.05, 4.69) is 43.0 Å². The number of carbonyl (C=O) groups excluding carboxylic acids is 1. The number of fused-ring (bicyclic) bond motifs is 1. The maximum absolute atomic E-state index is 12.2. The fourth-order valence-corrected chi connectivity index (χ4v) is 2.66. The minimum Gasteiger partial charge on any atom is -0.330 e. The summed E-state index contributed by atoms with van der Waals surface area (Å²) in [6.07, 6.45) is 0. The van der Waals surface area contributed by atoms with Crippen LogP contribution in [0.5, 0.6) is 0 Å². The highest BCUT2D eigenvalue weighted by atomic mass is 16.2. The molecule has 2 aromatic rings. The molecule has 3 rings (SSSR count). The van der Waals surface area contributed by atoms with Gasteiger partial charge in [-0.1, -0.05) is 24.3 Å². The molecule has 1 aliphatic heterocycles. The van der Waals surface area contributed by atoms with Gasteiger partial charge in [0.2, 0.25) is 5.91 Å². The first-order valence-corrected chi connectivity index (χ1v) is 6.78. The van der Waals surface area contributed by atoms with Gasteiger partial charge < -0.3 is 9.80 Å². The predicted molar refractivity (Wildman–Crippen MR) is 82.8 cm³/mol. The molecule has 3 nitrogen and oxygen atoms in total. The van der Waals surface area contributed by atoms with E-state index in [4.69, 9.17) is 0 Å². The number of aryl methyl sites for hydroxylation is 2. The first kappa shape index (κ1) is 12.7. The zero-order valence-electron chi connectivity index (χ0n) is 12.1. The van der Waals surface area contributed by atoms with Crippen LogP contribution in [0, 0.1) is 13.8 Å². The van der Waals surface area contributed by atoms with E-state index in [0.29, 0.717) is 6.54 Å². The number of amides is 1. The van der Waals surface area contributed by atoms with Gasteiger partial charge in [-0.15, -0.1) is 0 Å². The van der Waals surface area contributed by atoms with Gasteiger partial charge in [-0.3, -0.25) is 4.79 Å². The highest BCUT2D eigenvalue weighted by Gasteiger charge is 2.27. The molecule has 0 N–H and O–H groups in total. The molecule has 0 aliphatic carbocycles. The van der Waals surface area contributed by atoms with Gasteiger partial charge in [-0.2, -0.15) is 0 Å². The van der Waals surface area contributed by atoms with E-state index in [1.165, 1.54) is 11.1 Å². The van der Waals surface area contributed by atoms with Crippen LogP contribution >= 0.6 is 0 Å². The SMILES string of the molecule is Cc1ccc(C)c(N2CC(=O)N(C)c3ccccc32)c1. The summed E-state index contributed by atoms with van der Waals surface area (Å²) in [6.45, 7) is 4.55. The first-order chi connectivity index (χ1) is 9.58. The van der Waals surface area contributed by atoms with Crippen molar-refractivity contribution in [3.05, 3.63) is 53.6 Å². The van der Waals surface area contributed by atoms with E-state index < -0.39 is 0 Å². The molecule has 0 unspecified atom stereocenters. The Kier molecular flexibility index (Phi) is 2.97. The molecule has 3 heteroatoms. The number of carbonyl (C=O) groups is 1. The minimum absolute atomic E-state index is 0.115. The van der Waals surface area contributed by atoms with Crippen LogP contribution in [0.15, 0.2) is 42.5 Å². The first-order valence-electron chi connectivity index (χ1n) is 6.78. The van der Waals surface area contributed by atoms with Gasteiger partial charge in [0.15, 0.2) is 0 Å². The van der Waals surface area contributed by atoms with Crippen molar-refractivity contribution in [2.45, 2.75) is 13.8 Å². The fraction of sp³-hybridized carbons (Fsp3) is 0.235. The Bertz CT molecular complexity index is 678. The molecule has 0 saturated carbocycles. The summed E-state index contributed by atoms with van der Waals surface area (Å²) in [5, 5.41) is 0. The number of anilines is 3. The topological polar surface area (TPSA) is 23.6 Å². The number of likely N-dealkylation sites (N-methyl/N-ethyl adjacent to an activating group) is 1. The van der Waals surface area contributed by atoms with Crippen molar-refractivity contribution < 1.29 is 4.79 Å². The van der Waals surface area contributed by atoms with E-state index >= 15 is 0 Å². The highest BCUT2D eigenvalue weighted by molar-refractivity contribution is 6.04. The van der Waals surface area contributed by atoms with Crippen molar-refractivity contribution in [2.75, 3.05) is 23.4 Å². The molecule has 0 aromatic heterocycles. The van der Waals surface area contributed by atoms with Crippen LogP contribution < -0.4 is 9.80 Å². The molecule has 1 heterocycles. The largest absolute Gasteiger partial charge is 0.330 e. The molecule has 0 saturated heterocycles. The molecule has 0 spiro atoms. The fourth-order valence-electron chi connectivity index (χ4n) is 2.66. The van der Waals surface area contributed by atoms with Gasteiger partial charge in [0.05, 0.1) is 11.4 Å². The Morgan fingerprint density at radius 1 is 0.950 bits per heavy atom. The molecule has 0 fully saturated rings. The zero-order valence-corrected chi connectivity index (χ0v) is 12.1. The van der Waals surface area contributed by atoms with Gasteiger partial charge in [0, 0.05) is 12.7 Å². The van der Waals surface area contributed by atoms with Crippen LogP contribution in [-0.4, -0.2) is 19.5 Å². The van der Waals surface area contributed by atoms with Crippen LogP contribution in [0.4, 0.5) is 17.1 Å². The Balaban J connectivity index is 2.17. The van der Waals surface area contributed by atoms with Gasteiger partial charge in [-0.25, -0.2) is 0 Å². The lowest BCUT2D eigenvalue weighted by Gasteiger charge is -2.36. The number of hydrogen-bond donors (Lipinski definition) is 0. The summed E-state index contributed by atoms with van der Waals surface area (Å²) >= 11 is 0. The standard InChI is InChI=1S/C17H18N2O/c1-12-8-9-13(2)16(10-12)19-11-17(20)18(3)14-6-4-5-7-15(14)19/h4-10H,11H2,1-3H3. The highest BCUT2D eigenvalue weighted by Crippen LogP contribution is 2.38. The lowest BCUT2D eigenvalue weighted by atomic mass is 10.1. The average Bonchev–Trinajstić information content (AvgIpc) is 2.46. The summed E-state index contributed by atoms with van der Waals surface area (Å²) in [7, 11) is 1.83. The van der Waals surface area contributed by atoms with Crippen molar-refractivity contribution in [1.29, 1.82) is 0 Å². The molecular formula is C17H18N2O. The Morgan fingerprint density at radius 3 is 2.40 bits per heavy atom. The molecule has 0 radical (unpaired) electrons. The smallest absolute Gasteiger partial charge is 0.246 e. The van der Waals surface area contributed by atoms with Crippen molar-refractivity contribution >= 4 is 23.0 Å². The summed E-state index contributed by atoms with van der Waals surface area (Å²) in [5.74, 6) is 0.115. The summed E-state index contributed by atoms with van der Waals surface area (Å²) in [5.41, 5.74) is 5.55. The number of hydrogen-bond acceptors (Lipinski definition) is 2. The maximum atomic E-state index is 12.2. The third-order valence-corrected chi connectivity index (χ3v) is 3.86. The van der Waals surface area contributed by atoms with Crippen molar-refractivity contribution in [3.8, 4) is 0 Å². The number of nitrogens with zero attached hydrogens (tertiary/aromatic N) is 2. The van der Waals surface area contributed by atoms with Crippen LogP contribution in [0.2, 0.25) is 0 Å². The normalized spacial score (nSPS) is 14.4. The predicted octanol–water partition coefficient (Wildman–Crippen LogP) is 3.42. The molecule has 0 atom stereocenters. The molecule has 20 heavy (non-hydrogen) atoms. The third-order valence-electron chi connectivity index (χ3n) is 3.86. The average molecular weight is 266 g/mol. The molecule has 1 amide bonds. The monoisotopic (exact) mass is 266 g/mol. The number of rotatable bonds is 1. The van der Waals surface area contributed by atoms with Gasteiger partial charge in [0.1, 0.15) is 6.54 Å². The van der Waals surface area contributed by atoms with Gasteiger partial charge >= 0.3 is 0 Å². The maximum Gasteiger partial charge on any atom is 0.246 e. The second-order valence-corrected chi connectivity index (χ2v) is 5.32. The van der Waals surface area contributed by atoms with Gasteiger partial charge in [-0.05, 0) is 43.2 Å². The molecular weight excluding hydrogens is 248 g/mol. The van der Waals surface area contributed by atoms with Crippen molar-refractivity contribution in [1.82, 2.24) is 0 Å². The third kappa shape index (κ3) is 1.95. The molecule has 1 aliphatic rings. The lowest BCUT2D eigenvalue weighted by Crippen LogP contribution is -2.41. The Labute approximate surface area is 119 Å². The number of benzene rings is 2. The van der Waals surface area contributed by atoms with Crippen LogP contribution in [-0.2, 0) is 4.79 Å². The summed E-state index contributed by atoms with van der Waals surface area (Å²) in [6, 6.07) is 14.4. The molecule has 0 bridgehead atoms. The van der Waals surface area contributed by atoms with E-state index in [0.717, 1.165) is 17.1 Å². The van der Waals surface area contributed by atoms with Crippen molar-refractivity contribution in [2.24, 2.45) is 0 Å². The second kappa shape index (κ2) is 4.67. The van der Waals surface area contributed by atoms with E-state index in [1.807, 2.05) is 25.2 Å². The molecule has 102 valence electrons. The van der Waals surface area contributed by atoms with E-state index in [-0.39, 0.29) is 5.91 Å². The van der Waals surface area contributed by atoms with Crippen molar-refractivity contribution in [3.63, 3.8) is 0 Å². The minimum atomic E-state index is 0.115. The van der Waals surface area contributed by atoms with Crippen LogP contribution in [0.1, 0.15) is 11.1 Å². The quantitative estimate of drug-likeness (QED) is 0.789.